The van der Waals surface area contributed by atoms with Crippen LogP contribution in [0.3, 0.4) is 0 Å². The Morgan fingerprint density at radius 1 is 1.28 bits per heavy atom. The van der Waals surface area contributed by atoms with Crippen molar-refractivity contribution >= 4 is 17.7 Å². The van der Waals surface area contributed by atoms with Gasteiger partial charge in [0.05, 0.1) is 5.25 Å². The van der Waals surface area contributed by atoms with Crippen LogP contribution in [0.5, 0.6) is 0 Å². The van der Waals surface area contributed by atoms with Crippen LogP contribution in [0.25, 0.3) is 0 Å². The summed E-state index contributed by atoms with van der Waals surface area (Å²) in [7, 11) is 2.03. The first-order chi connectivity index (χ1) is 12.2. The topological polar surface area (TPSA) is 71.8 Å². The maximum atomic E-state index is 12.6. The lowest BCUT2D eigenvalue weighted by atomic mass is 9.94. The molecule has 6 nitrogen and oxygen atoms in total. The number of carbonyl (C=O) groups is 1. The molecule has 1 aromatic heterocycles. The van der Waals surface area contributed by atoms with Crippen LogP contribution in [0.1, 0.15) is 57.7 Å². The number of hydrogen-bond acceptors (Lipinski definition) is 5. The van der Waals surface area contributed by atoms with E-state index < -0.39 is 0 Å². The predicted octanol–water partition coefficient (Wildman–Crippen LogP) is 2.29. The number of aromatic nitrogens is 3. The Balaban J connectivity index is 1.57. The zero-order valence-electron chi connectivity index (χ0n) is 15.5. The Morgan fingerprint density at radius 2 is 2.00 bits per heavy atom. The minimum absolute atomic E-state index is 0.0877. The van der Waals surface area contributed by atoms with Gasteiger partial charge in [0.25, 0.3) is 0 Å². The summed E-state index contributed by atoms with van der Waals surface area (Å²) in [4.78, 5) is 12.6. The number of nitrogens with zero attached hydrogens (tertiary/aromatic N) is 3. The van der Waals surface area contributed by atoms with Crippen LogP contribution >= 0.6 is 11.8 Å². The maximum absolute atomic E-state index is 12.6. The number of thioether (sulfide) groups is 1. The highest BCUT2D eigenvalue weighted by Gasteiger charge is 2.25. The highest BCUT2D eigenvalue weighted by atomic mass is 32.2. The molecule has 2 aliphatic rings. The smallest absolute Gasteiger partial charge is 0.233 e. The molecule has 1 aliphatic carbocycles. The van der Waals surface area contributed by atoms with Crippen LogP contribution in [0, 0.1) is 5.92 Å². The highest BCUT2D eigenvalue weighted by Crippen LogP contribution is 2.26. The van der Waals surface area contributed by atoms with Gasteiger partial charge in [-0.15, -0.1) is 10.2 Å². The second-order valence-electron chi connectivity index (χ2n) is 7.36. The summed E-state index contributed by atoms with van der Waals surface area (Å²) in [5.41, 5.74) is 0. The Kier molecular flexibility index (Phi) is 6.76. The highest BCUT2D eigenvalue weighted by molar-refractivity contribution is 8.00. The molecule has 2 heterocycles. The van der Waals surface area contributed by atoms with E-state index in [9.17, 15) is 4.79 Å². The van der Waals surface area contributed by atoms with Gasteiger partial charge in [-0.1, -0.05) is 31.5 Å². The van der Waals surface area contributed by atoms with Crippen LogP contribution in [0.2, 0.25) is 0 Å². The van der Waals surface area contributed by atoms with Gasteiger partial charge >= 0.3 is 0 Å². The molecule has 0 spiro atoms. The van der Waals surface area contributed by atoms with Crippen molar-refractivity contribution in [2.75, 3.05) is 13.1 Å². The predicted molar refractivity (Wildman–Crippen MR) is 101 cm³/mol. The number of rotatable bonds is 7. The average molecular weight is 366 g/mol. The third kappa shape index (κ3) is 4.97. The van der Waals surface area contributed by atoms with Crippen LogP contribution in [0.4, 0.5) is 0 Å². The van der Waals surface area contributed by atoms with Gasteiger partial charge in [-0.3, -0.25) is 4.79 Å². The quantitative estimate of drug-likeness (QED) is 0.726. The third-order valence-electron chi connectivity index (χ3n) is 5.47. The summed E-state index contributed by atoms with van der Waals surface area (Å²) in [6.07, 6.45) is 8.91. The zero-order chi connectivity index (χ0) is 17.6. The first kappa shape index (κ1) is 18.7. The number of amides is 1. The molecule has 3 rings (SSSR count). The number of hydrogen-bond donors (Lipinski definition) is 2. The van der Waals surface area contributed by atoms with Gasteiger partial charge < -0.3 is 15.2 Å². The molecule has 0 aromatic carbocycles. The van der Waals surface area contributed by atoms with Crippen molar-refractivity contribution in [3.63, 3.8) is 0 Å². The van der Waals surface area contributed by atoms with Crippen molar-refractivity contribution < 1.29 is 4.79 Å². The minimum Gasteiger partial charge on any atom is -0.352 e. The fourth-order valence-electron chi connectivity index (χ4n) is 3.78. The lowest BCUT2D eigenvalue weighted by Crippen LogP contribution is -2.38. The summed E-state index contributed by atoms with van der Waals surface area (Å²) in [6, 6.07) is 0.372. The van der Waals surface area contributed by atoms with Gasteiger partial charge in [0.2, 0.25) is 5.91 Å². The fourth-order valence-corrected chi connectivity index (χ4v) is 4.73. The summed E-state index contributed by atoms with van der Waals surface area (Å²) >= 11 is 1.55. The monoisotopic (exact) mass is 365 g/mol. The molecule has 0 bridgehead atoms. The van der Waals surface area contributed by atoms with Crippen molar-refractivity contribution in [1.82, 2.24) is 25.4 Å². The zero-order valence-corrected chi connectivity index (χ0v) is 16.3. The van der Waals surface area contributed by atoms with Crippen LogP contribution < -0.4 is 10.6 Å². The van der Waals surface area contributed by atoms with Crippen molar-refractivity contribution in [1.29, 1.82) is 0 Å². The van der Waals surface area contributed by atoms with E-state index in [1.54, 1.807) is 11.8 Å². The summed E-state index contributed by atoms with van der Waals surface area (Å²) < 4.78 is 2.08. The van der Waals surface area contributed by atoms with Crippen LogP contribution in [-0.4, -0.2) is 45.1 Å². The number of piperidine rings is 1. The second kappa shape index (κ2) is 9.03. The number of nitrogens with one attached hydrogen (secondary N) is 2. The van der Waals surface area contributed by atoms with E-state index in [0.29, 0.717) is 12.0 Å². The van der Waals surface area contributed by atoms with Crippen LogP contribution in [0.15, 0.2) is 5.16 Å². The van der Waals surface area contributed by atoms with Gasteiger partial charge in [0, 0.05) is 19.5 Å². The molecule has 0 unspecified atom stereocenters. The largest absolute Gasteiger partial charge is 0.352 e. The summed E-state index contributed by atoms with van der Waals surface area (Å²) in [6.45, 7) is 4.27. The van der Waals surface area contributed by atoms with E-state index >= 15 is 0 Å². The van der Waals surface area contributed by atoms with Crippen molar-refractivity contribution in [3.8, 4) is 0 Å². The molecule has 1 amide bonds. The van der Waals surface area contributed by atoms with E-state index in [4.69, 9.17) is 0 Å². The fraction of sp³-hybridized carbons (Fsp3) is 0.833. The molecule has 2 N–H and O–H groups in total. The SMILES string of the molecule is CC[C@H](Sc1nnc(CC2CCNCC2)n1C)C(=O)NC1CCCC1. The molecule has 2 fully saturated rings. The minimum atomic E-state index is -0.0877. The Bertz CT molecular complexity index is 564. The molecule has 1 aromatic rings. The Hall–Kier alpha value is -1.08. The van der Waals surface area contributed by atoms with Crippen molar-refractivity contribution in [3.05, 3.63) is 5.82 Å². The molecule has 1 atom stereocenters. The average Bonchev–Trinajstić information content (AvgIpc) is 3.25. The molecular weight excluding hydrogens is 334 g/mol. The molecule has 7 heteroatoms. The van der Waals surface area contributed by atoms with E-state index in [0.717, 1.165) is 49.8 Å². The second-order valence-corrected chi connectivity index (χ2v) is 8.53. The number of carbonyl (C=O) groups excluding carboxylic acids is 1. The van der Waals surface area contributed by atoms with Crippen LogP contribution in [-0.2, 0) is 18.3 Å². The molecular formula is C18H31N5OS. The first-order valence-corrected chi connectivity index (χ1v) is 10.6. The van der Waals surface area contributed by atoms with Gasteiger partial charge in [-0.05, 0) is 51.1 Å². The van der Waals surface area contributed by atoms with E-state index in [1.807, 2.05) is 7.05 Å². The van der Waals surface area contributed by atoms with Crippen molar-refractivity contribution in [2.24, 2.45) is 13.0 Å². The lowest BCUT2D eigenvalue weighted by Gasteiger charge is -2.22. The molecule has 25 heavy (non-hydrogen) atoms. The van der Waals surface area contributed by atoms with E-state index in [1.165, 1.54) is 25.7 Å². The molecule has 0 radical (unpaired) electrons. The standard InChI is InChI=1S/C18H31N5OS/c1-3-15(17(24)20-14-6-4-5-7-14)25-18-22-21-16(23(18)2)12-13-8-10-19-11-9-13/h13-15,19H,3-12H2,1-2H3,(H,20,24)/t15-/m0/s1. The van der Waals surface area contributed by atoms with Gasteiger partial charge in [0.1, 0.15) is 5.82 Å². The van der Waals surface area contributed by atoms with Gasteiger partial charge in [-0.2, -0.15) is 0 Å². The molecule has 1 saturated heterocycles. The normalized spacial score (nSPS) is 20.7. The third-order valence-corrected chi connectivity index (χ3v) is 6.87. The summed E-state index contributed by atoms with van der Waals surface area (Å²) in [5, 5.41) is 16.2. The first-order valence-electron chi connectivity index (χ1n) is 9.73. The molecule has 1 aliphatic heterocycles. The Labute approximate surface area is 154 Å². The van der Waals surface area contributed by atoms with Crippen molar-refractivity contribution in [2.45, 2.75) is 74.7 Å². The van der Waals surface area contributed by atoms with Gasteiger partial charge in [-0.25, -0.2) is 0 Å². The molecule has 140 valence electrons. The van der Waals surface area contributed by atoms with E-state index in [-0.39, 0.29) is 11.2 Å². The Morgan fingerprint density at radius 3 is 2.68 bits per heavy atom. The summed E-state index contributed by atoms with van der Waals surface area (Å²) in [5.74, 6) is 1.89. The molecule has 1 saturated carbocycles. The van der Waals surface area contributed by atoms with Gasteiger partial charge in [0.15, 0.2) is 5.16 Å². The van der Waals surface area contributed by atoms with E-state index in [2.05, 4.69) is 32.3 Å². The maximum Gasteiger partial charge on any atom is 0.233 e. The lowest BCUT2D eigenvalue weighted by molar-refractivity contribution is -0.121.